The van der Waals surface area contributed by atoms with Crippen molar-refractivity contribution >= 4 is 17.4 Å². The van der Waals surface area contributed by atoms with Crippen LogP contribution in [0.25, 0.3) is 0 Å². The van der Waals surface area contributed by atoms with Gasteiger partial charge in [0, 0.05) is 22.9 Å². The van der Waals surface area contributed by atoms with Crippen molar-refractivity contribution in [3.63, 3.8) is 0 Å². The molecule has 1 aliphatic rings. The van der Waals surface area contributed by atoms with Gasteiger partial charge < -0.3 is 10.6 Å². The summed E-state index contributed by atoms with van der Waals surface area (Å²) in [6.07, 6.45) is 2.76. The van der Waals surface area contributed by atoms with E-state index in [1.54, 1.807) is 0 Å². The molecule has 1 aliphatic heterocycles. The summed E-state index contributed by atoms with van der Waals surface area (Å²) in [5.74, 6) is 1.17. The Balaban J connectivity index is 1.73. The first-order valence-electron chi connectivity index (χ1n) is 5.55. The summed E-state index contributed by atoms with van der Waals surface area (Å²) < 4.78 is 0. The Morgan fingerprint density at radius 1 is 1.27 bits per heavy atom. The van der Waals surface area contributed by atoms with E-state index in [1.165, 1.54) is 43.1 Å². The molecule has 3 heteroatoms. The number of hydrogen-bond donors (Lipinski definition) is 1. The Morgan fingerprint density at radius 2 is 2.07 bits per heavy atom. The van der Waals surface area contributed by atoms with Crippen molar-refractivity contribution in [2.45, 2.75) is 17.7 Å². The molecule has 0 bridgehead atoms. The molecule has 0 aromatic heterocycles. The fourth-order valence-corrected chi connectivity index (χ4v) is 2.88. The van der Waals surface area contributed by atoms with E-state index in [9.17, 15) is 0 Å². The third-order valence-corrected chi connectivity index (χ3v) is 3.71. The van der Waals surface area contributed by atoms with Crippen LogP contribution in [0.15, 0.2) is 29.2 Å². The summed E-state index contributed by atoms with van der Waals surface area (Å²) in [6.45, 7) is 3.79. The Morgan fingerprint density at radius 3 is 2.80 bits per heavy atom. The number of thioether (sulfide) groups is 1. The molecule has 2 N–H and O–H groups in total. The topological polar surface area (TPSA) is 29.3 Å². The number of hydrogen-bond acceptors (Lipinski definition) is 3. The zero-order chi connectivity index (χ0) is 10.5. The van der Waals surface area contributed by atoms with Crippen LogP contribution in [0.1, 0.15) is 12.8 Å². The van der Waals surface area contributed by atoms with Gasteiger partial charge in [-0.3, -0.25) is 0 Å². The fraction of sp³-hybridized carbons (Fsp3) is 0.500. The summed E-state index contributed by atoms with van der Waals surface area (Å²) in [4.78, 5) is 3.83. The SMILES string of the molecule is Nc1cccc(SCCN2CCCC2)c1. The minimum atomic E-state index is 0.862. The van der Waals surface area contributed by atoms with Crippen molar-refractivity contribution in [1.82, 2.24) is 4.90 Å². The maximum Gasteiger partial charge on any atom is 0.0325 e. The van der Waals surface area contributed by atoms with Gasteiger partial charge in [0.15, 0.2) is 0 Å². The minimum Gasteiger partial charge on any atom is -0.399 e. The standard InChI is InChI=1S/C12H18N2S/c13-11-4-3-5-12(10-11)15-9-8-14-6-1-2-7-14/h3-5,10H,1-2,6-9,13H2. The minimum absolute atomic E-state index is 0.862. The highest BCUT2D eigenvalue weighted by atomic mass is 32.2. The lowest BCUT2D eigenvalue weighted by atomic mass is 10.3. The third-order valence-electron chi connectivity index (χ3n) is 2.73. The molecule has 1 fully saturated rings. The number of nitrogens with two attached hydrogens (primary N) is 1. The molecule has 2 rings (SSSR count). The monoisotopic (exact) mass is 222 g/mol. The molecule has 0 amide bonds. The van der Waals surface area contributed by atoms with Crippen molar-refractivity contribution in [3.05, 3.63) is 24.3 Å². The molecule has 0 saturated carbocycles. The van der Waals surface area contributed by atoms with E-state index in [1.807, 2.05) is 23.9 Å². The van der Waals surface area contributed by atoms with Gasteiger partial charge in [0.1, 0.15) is 0 Å². The lowest BCUT2D eigenvalue weighted by molar-refractivity contribution is 0.362. The number of nitrogen functional groups attached to an aromatic ring is 1. The third kappa shape index (κ3) is 3.43. The maximum absolute atomic E-state index is 5.73. The first kappa shape index (κ1) is 10.8. The van der Waals surface area contributed by atoms with Gasteiger partial charge in [0.25, 0.3) is 0 Å². The molecule has 0 radical (unpaired) electrons. The quantitative estimate of drug-likeness (QED) is 0.627. The molecule has 1 saturated heterocycles. The summed E-state index contributed by atoms with van der Waals surface area (Å²) in [7, 11) is 0. The van der Waals surface area contributed by atoms with E-state index in [0.29, 0.717) is 0 Å². The first-order valence-corrected chi connectivity index (χ1v) is 6.54. The van der Waals surface area contributed by atoms with Crippen LogP contribution in [0.5, 0.6) is 0 Å². The van der Waals surface area contributed by atoms with Gasteiger partial charge in [-0.2, -0.15) is 0 Å². The summed E-state index contributed by atoms with van der Waals surface area (Å²) in [5.41, 5.74) is 6.59. The average molecular weight is 222 g/mol. The summed E-state index contributed by atoms with van der Waals surface area (Å²) >= 11 is 1.90. The first-order chi connectivity index (χ1) is 7.34. The van der Waals surface area contributed by atoms with Crippen LogP contribution in [0.3, 0.4) is 0 Å². The molecule has 1 aromatic rings. The van der Waals surface area contributed by atoms with Crippen LogP contribution in [0.4, 0.5) is 5.69 Å². The second-order valence-electron chi connectivity index (χ2n) is 3.97. The van der Waals surface area contributed by atoms with Crippen LogP contribution in [0.2, 0.25) is 0 Å². The van der Waals surface area contributed by atoms with Crippen molar-refractivity contribution in [2.75, 3.05) is 31.1 Å². The van der Waals surface area contributed by atoms with Crippen LogP contribution in [-0.4, -0.2) is 30.3 Å². The van der Waals surface area contributed by atoms with E-state index in [-0.39, 0.29) is 0 Å². The van der Waals surface area contributed by atoms with Crippen molar-refractivity contribution in [1.29, 1.82) is 0 Å². The Kier molecular flexibility index (Phi) is 3.92. The van der Waals surface area contributed by atoms with Gasteiger partial charge in [-0.05, 0) is 44.1 Å². The summed E-state index contributed by atoms with van der Waals surface area (Å²) in [5, 5.41) is 0. The molecule has 2 nitrogen and oxygen atoms in total. The number of likely N-dealkylation sites (tertiary alicyclic amines) is 1. The van der Waals surface area contributed by atoms with Crippen LogP contribution >= 0.6 is 11.8 Å². The van der Waals surface area contributed by atoms with Crippen LogP contribution in [-0.2, 0) is 0 Å². The fourth-order valence-electron chi connectivity index (χ4n) is 1.90. The van der Waals surface area contributed by atoms with Crippen molar-refractivity contribution in [3.8, 4) is 0 Å². The number of anilines is 1. The molecule has 82 valence electrons. The Hall–Kier alpha value is -0.670. The zero-order valence-corrected chi connectivity index (χ0v) is 9.80. The molecule has 1 aromatic carbocycles. The van der Waals surface area contributed by atoms with Gasteiger partial charge in [0.2, 0.25) is 0 Å². The number of rotatable bonds is 4. The van der Waals surface area contributed by atoms with Gasteiger partial charge in [-0.15, -0.1) is 11.8 Å². The molecular weight excluding hydrogens is 204 g/mol. The highest BCUT2D eigenvalue weighted by Gasteiger charge is 2.10. The second kappa shape index (κ2) is 5.42. The normalized spacial score (nSPS) is 17.1. The predicted molar refractivity (Wildman–Crippen MR) is 67.3 cm³/mol. The van der Waals surface area contributed by atoms with E-state index >= 15 is 0 Å². The van der Waals surface area contributed by atoms with Gasteiger partial charge in [-0.1, -0.05) is 6.07 Å². The summed E-state index contributed by atoms with van der Waals surface area (Å²) in [6, 6.07) is 8.14. The van der Waals surface area contributed by atoms with Gasteiger partial charge in [0.05, 0.1) is 0 Å². The van der Waals surface area contributed by atoms with Crippen LogP contribution < -0.4 is 5.73 Å². The molecule has 0 unspecified atom stereocenters. The maximum atomic E-state index is 5.73. The van der Waals surface area contributed by atoms with Gasteiger partial charge in [-0.25, -0.2) is 0 Å². The predicted octanol–water partition coefficient (Wildman–Crippen LogP) is 2.46. The Labute approximate surface area is 95.8 Å². The molecular formula is C12H18N2S. The van der Waals surface area contributed by atoms with Crippen molar-refractivity contribution < 1.29 is 0 Å². The highest BCUT2D eigenvalue weighted by molar-refractivity contribution is 7.99. The average Bonchev–Trinajstić information content (AvgIpc) is 2.71. The lowest BCUT2D eigenvalue weighted by Crippen LogP contribution is -2.21. The number of nitrogens with zero attached hydrogens (tertiary/aromatic N) is 1. The van der Waals surface area contributed by atoms with E-state index in [0.717, 1.165) is 5.69 Å². The largest absolute Gasteiger partial charge is 0.399 e. The van der Waals surface area contributed by atoms with Crippen molar-refractivity contribution in [2.24, 2.45) is 0 Å². The number of benzene rings is 1. The Bertz CT molecular complexity index is 308. The van der Waals surface area contributed by atoms with Gasteiger partial charge >= 0.3 is 0 Å². The second-order valence-corrected chi connectivity index (χ2v) is 5.14. The molecule has 1 heterocycles. The smallest absolute Gasteiger partial charge is 0.0325 e. The molecule has 15 heavy (non-hydrogen) atoms. The van der Waals surface area contributed by atoms with E-state index in [4.69, 9.17) is 5.73 Å². The van der Waals surface area contributed by atoms with Crippen LogP contribution in [0, 0.1) is 0 Å². The van der Waals surface area contributed by atoms with E-state index in [2.05, 4.69) is 17.0 Å². The molecule has 0 spiro atoms. The highest BCUT2D eigenvalue weighted by Crippen LogP contribution is 2.20. The lowest BCUT2D eigenvalue weighted by Gasteiger charge is -2.13. The zero-order valence-electron chi connectivity index (χ0n) is 8.98. The molecule has 0 aliphatic carbocycles. The van der Waals surface area contributed by atoms with E-state index < -0.39 is 0 Å². The molecule has 0 atom stereocenters.